The minimum absolute atomic E-state index is 0.199. The molecule has 2 rings (SSSR count). The monoisotopic (exact) mass is 259 g/mol. The fourth-order valence-electron chi connectivity index (χ4n) is 1.83. The largest absolute Gasteiger partial charge is 0.307 e. The van der Waals surface area contributed by atoms with E-state index in [0.717, 1.165) is 22.5 Å². The molecule has 0 aliphatic heterocycles. The van der Waals surface area contributed by atoms with E-state index in [0.29, 0.717) is 5.82 Å². The Morgan fingerprint density at radius 2 is 2.16 bits per heavy atom. The molecule has 0 aliphatic carbocycles. The zero-order chi connectivity index (χ0) is 14.0. The number of anilines is 1. The van der Waals surface area contributed by atoms with Crippen LogP contribution in [0.15, 0.2) is 12.3 Å². The molecule has 6 nitrogen and oxygen atoms in total. The van der Waals surface area contributed by atoms with Crippen molar-refractivity contribution in [2.45, 2.75) is 20.8 Å². The van der Waals surface area contributed by atoms with E-state index < -0.39 is 0 Å². The molecule has 19 heavy (non-hydrogen) atoms. The van der Waals surface area contributed by atoms with Crippen LogP contribution in [0.5, 0.6) is 0 Å². The number of hydrogen-bond donors (Lipinski definition) is 2. The van der Waals surface area contributed by atoms with Crippen LogP contribution in [0.4, 0.5) is 5.82 Å². The summed E-state index contributed by atoms with van der Waals surface area (Å²) in [6.45, 7) is 5.76. The van der Waals surface area contributed by atoms with Crippen molar-refractivity contribution in [3.05, 3.63) is 34.8 Å². The Bertz CT molecular complexity index is 635. The Hall–Kier alpha value is -2.37. The Morgan fingerprint density at radius 1 is 1.42 bits per heavy atom. The summed E-state index contributed by atoms with van der Waals surface area (Å²) in [5.41, 5.74) is 3.80. The van der Waals surface area contributed by atoms with Crippen LogP contribution in [0.2, 0.25) is 0 Å². The number of H-pyrrole nitrogens is 1. The smallest absolute Gasteiger partial charge is 0.249 e. The number of aromatic amines is 1. The number of aromatic nitrogens is 4. The number of nitrogens with one attached hydrogen (secondary N) is 2. The highest BCUT2D eigenvalue weighted by atomic mass is 16.1. The van der Waals surface area contributed by atoms with Gasteiger partial charge < -0.3 is 5.32 Å². The van der Waals surface area contributed by atoms with Gasteiger partial charge >= 0.3 is 0 Å². The van der Waals surface area contributed by atoms with Gasteiger partial charge in [0, 0.05) is 29.9 Å². The first-order valence-corrected chi connectivity index (χ1v) is 5.98. The summed E-state index contributed by atoms with van der Waals surface area (Å²) in [5.74, 6) is 0.421. The first kappa shape index (κ1) is 13.1. The number of hydrogen-bond acceptors (Lipinski definition) is 3. The highest BCUT2D eigenvalue weighted by Crippen LogP contribution is 2.14. The summed E-state index contributed by atoms with van der Waals surface area (Å²) in [7, 11) is 1.88. The van der Waals surface area contributed by atoms with Gasteiger partial charge in [0.2, 0.25) is 5.91 Å². The first-order valence-electron chi connectivity index (χ1n) is 5.98. The maximum absolute atomic E-state index is 11.8. The lowest BCUT2D eigenvalue weighted by atomic mass is 10.2. The normalized spacial score (nSPS) is 11.2. The van der Waals surface area contributed by atoms with Crippen LogP contribution in [0, 0.1) is 20.8 Å². The molecule has 0 radical (unpaired) electrons. The van der Waals surface area contributed by atoms with Gasteiger partial charge in [0.1, 0.15) is 5.82 Å². The third kappa shape index (κ3) is 2.73. The van der Waals surface area contributed by atoms with Crippen LogP contribution in [0.3, 0.4) is 0 Å². The van der Waals surface area contributed by atoms with E-state index in [-0.39, 0.29) is 5.91 Å². The van der Waals surface area contributed by atoms with E-state index in [9.17, 15) is 4.79 Å². The second kappa shape index (κ2) is 5.09. The highest BCUT2D eigenvalue weighted by Gasteiger charge is 2.07. The SMILES string of the molecule is Cc1cn[nH]c1NC(=O)/C=C/c1c(C)nn(C)c1C. The lowest BCUT2D eigenvalue weighted by Gasteiger charge is -1.99. The van der Waals surface area contributed by atoms with Gasteiger partial charge in [0.05, 0.1) is 11.9 Å². The van der Waals surface area contributed by atoms with E-state index in [4.69, 9.17) is 0 Å². The first-order chi connectivity index (χ1) is 8.99. The van der Waals surface area contributed by atoms with Gasteiger partial charge in [0.15, 0.2) is 0 Å². The van der Waals surface area contributed by atoms with E-state index in [1.807, 2.05) is 27.8 Å². The molecule has 0 bridgehead atoms. The molecule has 2 aromatic heterocycles. The molecule has 0 spiro atoms. The summed E-state index contributed by atoms with van der Waals surface area (Å²) in [6, 6.07) is 0. The van der Waals surface area contributed by atoms with Gasteiger partial charge in [-0.15, -0.1) is 0 Å². The number of carbonyl (C=O) groups is 1. The zero-order valence-corrected chi connectivity index (χ0v) is 11.5. The minimum Gasteiger partial charge on any atom is -0.307 e. The molecule has 100 valence electrons. The van der Waals surface area contributed by atoms with Gasteiger partial charge in [-0.1, -0.05) is 0 Å². The molecule has 2 N–H and O–H groups in total. The van der Waals surface area contributed by atoms with Crippen molar-refractivity contribution in [1.29, 1.82) is 0 Å². The molecule has 0 aliphatic rings. The third-order valence-corrected chi connectivity index (χ3v) is 3.04. The zero-order valence-electron chi connectivity index (χ0n) is 11.5. The van der Waals surface area contributed by atoms with Crippen molar-refractivity contribution >= 4 is 17.8 Å². The summed E-state index contributed by atoms with van der Waals surface area (Å²) in [6.07, 6.45) is 4.94. The van der Waals surface area contributed by atoms with Crippen LogP contribution in [-0.4, -0.2) is 25.9 Å². The number of aryl methyl sites for hydroxylation is 3. The van der Waals surface area contributed by atoms with E-state index in [1.165, 1.54) is 6.08 Å². The summed E-state index contributed by atoms with van der Waals surface area (Å²) in [4.78, 5) is 11.8. The number of amides is 1. The Labute approximate surface area is 111 Å². The van der Waals surface area contributed by atoms with Crippen molar-refractivity contribution in [3.63, 3.8) is 0 Å². The molecule has 0 aromatic carbocycles. The maximum atomic E-state index is 11.8. The minimum atomic E-state index is -0.199. The predicted octanol–water partition coefficient (Wildman–Crippen LogP) is 1.72. The van der Waals surface area contributed by atoms with Crippen LogP contribution in [-0.2, 0) is 11.8 Å². The average molecular weight is 259 g/mol. The average Bonchev–Trinajstić information content (AvgIpc) is 2.84. The van der Waals surface area contributed by atoms with Crippen molar-refractivity contribution in [2.24, 2.45) is 7.05 Å². The van der Waals surface area contributed by atoms with Crippen LogP contribution in [0.25, 0.3) is 6.08 Å². The summed E-state index contributed by atoms with van der Waals surface area (Å²) in [5, 5.41) is 13.6. The number of rotatable bonds is 3. The van der Waals surface area contributed by atoms with Crippen molar-refractivity contribution in [2.75, 3.05) is 5.32 Å². The standard InChI is InChI=1S/C13H17N5O/c1-8-7-14-16-13(8)15-12(19)6-5-11-9(2)17-18(4)10(11)3/h5-7H,1-4H3,(H2,14,15,16,19)/b6-5+. The van der Waals surface area contributed by atoms with Gasteiger partial charge in [-0.05, 0) is 26.8 Å². The highest BCUT2D eigenvalue weighted by molar-refractivity contribution is 6.01. The topological polar surface area (TPSA) is 75.6 Å². The fraction of sp³-hybridized carbons (Fsp3) is 0.308. The molecule has 2 heterocycles. The quantitative estimate of drug-likeness (QED) is 0.824. The molecule has 2 aromatic rings. The van der Waals surface area contributed by atoms with Crippen molar-refractivity contribution < 1.29 is 4.79 Å². The molecule has 0 saturated heterocycles. The lowest BCUT2D eigenvalue weighted by Crippen LogP contribution is -2.09. The molecule has 0 fully saturated rings. The second-order valence-electron chi connectivity index (χ2n) is 4.46. The molecule has 6 heteroatoms. The van der Waals surface area contributed by atoms with Crippen LogP contribution in [0.1, 0.15) is 22.5 Å². The Morgan fingerprint density at radius 3 is 2.68 bits per heavy atom. The molecular formula is C13H17N5O. The van der Waals surface area contributed by atoms with Crippen LogP contribution < -0.4 is 5.32 Å². The number of carbonyl (C=O) groups excluding carboxylic acids is 1. The van der Waals surface area contributed by atoms with E-state index in [2.05, 4.69) is 20.6 Å². The molecule has 0 unspecified atom stereocenters. The van der Waals surface area contributed by atoms with Crippen molar-refractivity contribution in [1.82, 2.24) is 20.0 Å². The van der Waals surface area contributed by atoms with Crippen molar-refractivity contribution in [3.8, 4) is 0 Å². The summed E-state index contributed by atoms with van der Waals surface area (Å²) < 4.78 is 1.80. The molecule has 1 amide bonds. The van der Waals surface area contributed by atoms with Crippen LogP contribution >= 0.6 is 0 Å². The van der Waals surface area contributed by atoms with E-state index in [1.54, 1.807) is 17.0 Å². The Balaban J connectivity index is 2.10. The second-order valence-corrected chi connectivity index (χ2v) is 4.46. The fourth-order valence-corrected chi connectivity index (χ4v) is 1.83. The third-order valence-electron chi connectivity index (χ3n) is 3.04. The predicted molar refractivity (Wildman–Crippen MR) is 73.7 cm³/mol. The number of nitrogens with zero attached hydrogens (tertiary/aromatic N) is 3. The molecule has 0 atom stereocenters. The summed E-state index contributed by atoms with van der Waals surface area (Å²) >= 11 is 0. The van der Waals surface area contributed by atoms with Gasteiger partial charge in [-0.2, -0.15) is 10.2 Å². The molecular weight excluding hydrogens is 242 g/mol. The van der Waals surface area contributed by atoms with Gasteiger partial charge in [-0.25, -0.2) is 0 Å². The molecule has 0 saturated carbocycles. The Kier molecular flexibility index (Phi) is 3.50. The van der Waals surface area contributed by atoms with Gasteiger partial charge in [0.25, 0.3) is 0 Å². The van der Waals surface area contributed by atoms with Gasteiger partial charge in [-0.3, -0.25) is 14.6 Å². The van der Waals surface area contributed by atoms with E-state index >= 15 is 0 Å². The maximum Gasteiger partial charge on any atom is 0.249 e. The lowest BCUT2D eigenvalue weighted by molar-refractivity contribution is -0.111.